The second-order valence-corrected chi connectivity index (χ2v) is 17.4. The van der Waals surface area contributed by atoms with Crippen LogP contribution in [0.25, 0.3) is 0 Å². The number of hydrogen-bond acceptors (Lipinski definition) is 29. The number of ether oxygens (including phenoxy) is 9. The molecule has 1 aliphatic carbocycles. The number of rotatable bonds is 15. The largest absolute Gasteiger partial charge is 0.396 e. The first-order chi connectivity index (χ1) is 31.2. The minimum absolute atomic E-state index is 0.349. The normalized spacial score (nSPS) is 54.0. The van der Waals surface area contributed by atoms with Gasteiger partial charge in [0.05, 0.1) is 70.0 Å². The molecule has 6 aliphatic rings. The summed E-state index contributed by atoms with van der Waals surface area (Å²) in [5.41, 5.74) is 0. The highest BCUT2D eigenvalue weighted by Crippen LogP contribution is 2.36. The van der Waals surface area contributed by atoms with Gasteiger partial charge in [0.15, 0.2) is 25.2 Å². The lowest BCUT2D eigenvalue weighted by atomic mass is 9.76. The second kappa shape index (κ2) is 22.9. The van der Waals surface area contributed by atoms with Gasteiger partial charge in [-0.05, 0) is 6.92 Å². The molecule has 1 saturated carbocycles. The standard InChI is InChI=1S/C37H65NO28/c1-8-15(38-16-17(45)9(2-39)18(46)22(50)21(16)49)20(48)26(54)34(59-8)64-31-12(4-41)61-36(28(56)23(31)51)66-33-14(6-43)62-37(29(57)25(33)53)65-32-13(5-42)60-35(27(55)24(32)52)63-30-11(3-40)58-7-10(44)19(30)47/h8-57H,2-7H2,1H3/t8-,9+,10-,11+,12+,13+,14+,15-,16-,17+,18-,19+,20+,21+,22+,23+,24+,25+,26-,27+,28+,29+,30+,31+,32+,33+,34+,35-,36-,37-/m0/s1. The van der Waals surface area contributed by atoms with E-state index in [2.05, 4.69) is 5.32 Å². The van der Waals surface area contributed by atoms with Gasteiger partial charge in [-0.15, -0.1) is 0 Å². The van der Waals surface area contributed by atoms with Gasteiger partial charge in [-0.1, -0.05) is 0 Å². The van der Waals surface area contributed by atoms with Gasteiger partial charge in [0.2, 0.25) is 0 Å². The van der Waals surface area contributed by atoms with E-state index in [0.29, 0.717) is 0 Å². The highest BCUT2D eigenvalue weighted by Gasteiger charge is 2.57. The van der Waals surface area contributed by atoms with Gasteiger partial charge in [-0.25, -0.2) is 0 Å². The van der Waals surface area contributed by atoms with E-state index in [9.17, 15) is 97.0 Å². The molecule has 5 saturated heterocycles. The van der Waals surface area contributed by atoms with Crippen molar-refractivity contribution in [3.63, 3.8) is 0 Å². The molecule has 0 unspecified atom stereocenters. The molecule has 0 bridgehead atoms. The molecule has 5 aliphatic heterocycles. The van der Waals surface area contributed by atoms with Crippen LogP contribution in [0.3, 0.4) is 0 Å². The van der Waals surface area contributed by atoms with Gasteiger partial charge in [0, 0.05) is 5.92 Å². The van der Waals surface area contributed by atoms with Crippen LogP contribution < -0.4 is 5.32 Å². The third kappa shape index (κ3) is 10.7. The molecule has 5 heterocycles. The molecule has 0 amide bonds. The zero-order valence-corrected chi connectivity index (χ0v) is 35.2. The SMILES string of the molecule is C[C@@H]1O[C@H](O[C@H]2[C@H](O)[C@@H](O)[C@H](O[C@H]3[C@H](O)[C@@H](O)[C@H](O[C@H]4[C@H](O)[C@@H](O)[C@H](O[C@H]5[C@H](O)[C@@H](O)CO[C@@H]5CO)O[C@@H]4CO)O[C@@H]3CO)O[C@@H]2CO)[C@@H](O)[C@H](O)[C@H]1N[C@H]1[C@H](O)[C@@H](CO)[C@H](O)[C@@H](O)[C@@H]1O. The van der Waals surface area contributed by atoms with Crippen molar-refractivity contribution >= 4 is 0 Å². The van der Waals surface area contributed by atoms with E-state index in [4.69, 9.17) is 42.6 Å². The van der Waals surface area contributed by atoms with Crippen molar-refractivity contribution in [3.05, 3.63) is 0 Å². The van der Waals surface area contributed by atoms with Crippen LogP contribution in [-0.2, 0) is 42.6 Å². The summed E-state index contributed by atoms with van der Waals surface area (Å²) in [6.07, 6.45) is -47.7. The number of aliphatic hydroxyl groups excluding tert-OH is 19. The Bertz CT molecular complexity index is 1490. The van der Waals surface area contributed by atoms with E-state index >= 15 is 0 Å². The van der Waals surface area contributed by atoms with Crippen molar-refractivity contribution in [1.82, 2.24) is 5.32 Å². The molecule has 66 heavy (non-hydrogen) atoms. The Hall–Kier alpha value is -1.16. The van der Waals surface area contributed by atoms with Gasteiger partial charge < -0.3 is 145 Å². The van der Waals surface area contributed by atoms with E-state index in [1.807, 2.05) is 0 Å². The maximum absolute atomic E-state index is 11.2. The Morgan fingerprint density at radius 2 is 0.742 bits per heavy atom. The van der Waals surface area contributed by atoms with Crippen LogP contribution in [0.4, 0.5) is 0 Å². The van der Waals surface area contributed by atoms with Crippen LogP contribution in [0.5, 0.6) is 0 Å². The van der Waals surface area contributed by atoms with E-state index < -0.39 is 217 Å². The topological polar surface area (TPSA) is 479 Å². The maximum Gasteiger partial charge on any atom is 0.187 e. The van der Waals surface area contributed by atoms with E-state index in [-0.39, 0.29) is 6.61 Å². The maximum atomic E-state index is 11.2. The lowest BCUT2D eigenvalue weighted by molar-refractivity contribution is -0.389. The fourth-order valence-electron chi connectivity index (χ4n) is 9.15. The van der Waals surface area contributed by atoms with Gasteiger partial charge in [-0.2, -0.15) is 0 Å². The molecular formula is C37H65NO28. The summed E-state index contributed by atoms with van der Waals surface area (Å²) >= 11 is 0. The minimum Gasteiger partial charge on any atom is -0.396 e. The highest BCUT2D eigenvalue weighted by molar-refractivity contribution is 5.06. The number of nitrogens with one attached hydrogen (secondary N) is 1. The molecule has 6 fully saturated rings. The van der Waals surface area contributed by atoms with Crippen LogP contribution in [0, 0.1) is 5.92 Å². The summed E-state index contributed by atoms with van der Waals surface area (Å²) in [5.74, 6) is -1.30. The van der Waals surface area contributed by atoms with E-state index in [0.717, 1.165) is 0 Å². The molecule has 30 atom stereocenters. The fraction of sp³-hybridized carbons (Fsp3) is 1.00. The first-order valence-electron chi connectivity index (χ1n) is 21.4. The van der Waals surface area contributed by atoms with Crippen molar-refractivity contribution < 1.29 is 140 Å². The van der Waals surface area contributed by atoms with Crippen molar-refractivity contribution in [2.45, 2.75) is 185 Å². The Labute approximate surface area is 375 Å². The third-order valence-electron chi connectivity index (χ3n) is 13.1. The molecule has 0 radical (unpaired) electrons. The molecule has 386 valence electrons. The van der Waals surface area contributed by atoms with E-state index in [1.165, 1.54) is 6.92 Å². The van der Waals surface area contributed by atoms with Crippen LogP contribution in [0.1, 0.15) is 6.92 Å². The minimum atomic E-state index is -2.12. The molecule has 0 aromatic heterocycles. The predicted molar refractivity (Wildman–Crippen MR) is 203 cm³/mol. The van der Waals surface area contributed by atoms with Gasteiger partial charge in [0.25, 0.3) is 0 Å². The molecule has 29 nitrogen and oxygen atoms in total. The first-order valence-corrected chi connectivity index (χ1v) is 21.4. The van der Waals surface area contributed by atoms with Crippen LogP contribution >= 0.6 is 0 Å². The lowest BCUT2D eigenvalue weighted by Crippen LogP contribution is -2.72. The quantitative estimate of drug-likeness (QED) is 0.0724. The van der Waals surface area contributed by atoms with Gasteiger partial charge in [0.1, 0.15) is 122 Å². The zero-order valence-electron chi connectivity index (χ0n) is 35.2. The Kier molecular flexibility index (Phi) is 18.8. The van der Waals surface area contributed by atoms with Gasteiger partial charge >= 0.3 is 0 Å². The fourth-order valence-corrected chi connectivity index (χ4v) is 9.15. The molecule has 0 aromatic carbocycles. The molecule has 29 heteroatoms. The van der Waals surface area contributed by atoms with Crippen LogP contribution in [0.15, 0.2) is 0 Å². The van der Waals surface area contributed by atoms with Crippen molar-refractivity contribution in [2.24, 2.45) is 5.92 Å². The third-order valence-corrected chi connectivity index (χ3v) is 13.1. The van der Waals surface area contributed by atoms with Gasteiger partial charge in [-0.3, -0.25) is 0 Å². The summed E-state index contributed by atoms with van der Waals surface area (Å²) in [7, 11) is 0. The molecule has 0 aromatic rings. The average Bonchev–Trinajstić information content (AvgIpc) is 3.30. The van der Waals surface area contributed by atoms with Crippen molar-refractivity contribution in [1.29, 1.82) is 0 Å². The molecule has 6 rings (SSSR count). The molecule has 0 spiro atoms. The molecular weight excluding hydrogens is 906 g/mol. The van der Waals surface area contributed by atoms with Crippen molar-refractivity contribution in [2.75, 3.05) is 39.6 Å². The first kappa shape index (κ1) is 54.2. The predicted octanol–water partition coefficient (Wildman–Crippen LogP) is -13.2. The van der Waals surface area contributed by atoms with E-state index in [1.54, 1.807) is 0 Å². The summed E-state index contributed by atoms with van der Waals surface area (Å²) in [4.78, 5) is 0. The molecule has 20 N–H and O–H groups in total. The summed E-state index contributed by atoms with van der Waals surface area (Å²) in [6.45, 7) is -3.30. The zero-order chi connectivity index (χ0) is 48.6. The summed E-state index contributed by atoms with van der Waals surface area (Å²) < 4.78 is 50.5. The smallest absolute Gasteiger partial charge is 0.187 e. The monoisotopic (exact) mass is 971 g/mol. The summed E-state index contributed by atoms with van der Waals surface area (Å²) in [6, 6.07) is -2.75. The number of aliphatic hydroxyl groups is 19. The second-order valence-electron chi connectivity index (χ2n) is 17.4. The van der Waals surface area contributed by atoms with Crippen LogP contribution in [0.2, 0.25) is 0 Å². The lowest BCUT2D eigenvalue weighted by Gasteiger charge is -2.50. The Balaban J connectivity index is 1.06. The highest BCUT2D eigenvalue weighted by atomic mass is 16.8. The van der Waals surface area contributed by atoms with Crippen molar-refractivity contribution in [3.8, 4) is 0 Å². The summed E-state index contributed by atoms with van der Waals surface area (Å²) in [5, 5.41) is 204. The average molecular weight is 972 g/mol. The Morgan fingerprint density at radius 3 is 1.14 bits per heavy atom. The number of hydrogen-bond donors (Lipinski definition) is 20. The Morgan fingerprint density at radius 1 is 0.379 bits per heavy atom. The van der Waals surface area contributed by atoms with Crippen LogP contribution in [-0.4, -0.2) is 314 Å².